The maximum atomic E-state index is 11.0. The Labute approximate surface area is 165 Å². The molecule has 2 aromatic heterocycles. The third kappa shape index (κ3) is 4.10. The molecule has 10 nitrogen and oxygen atoms in total. The summed E-state index contributed by atoms with van der Waals surface area (Å²) in [5, 5.41) is 29.3. The number of carboxylic acid groups (broad SMARTS) is 1. The first-order valence-electron chi connectivity index (χ1n) is 8.59. The molecule has 1 aliphatic heterocycles. The van der Waals surface area contributed by atoms with Crippen LogP contribution in [-0.2, 0) is 13.1 Å². The summed E-state index contributed by atoms with van der Waals surface area (Å²) in [7, 11) is 0. The number of carboxylic acids is 1. The third-order valence-corrected chi connectivity index (χ3v) is 4.15. The Morgan fingerprint density at radius 2 is 2.07 bits per heavy atom. The average molecular weight is 389 g/mol. The molecule has 1 aliphatic rings. The fraction of sp³-hybridized carbons (Fsp3) is 0.158. The Hall–Kier alpha value is -4.10. The normalized spacial score (nSPS) is 14.8. The quantitative estimate of drug-likeness (QED) is 0.623. The van der Waals surface area contributed by atoms with E-state index in [1.165, 1.54) is 35.9 Å². The molecule has 0 amide bonds. The van der Waals surface area contributed by atoms with E-state index in [2.05, 4.69) is 37.0 Å². The molecule has 0 saturated heterocycles. The van der Waals surface area contributed by atoms with Crippen LogP contribution < -0.4 is 0 Å². The Balaban J connectivity index is 1.49. The number of aliphatic hydroxyl groups is 1. The Morgan fingerprint density at radius 3 is 2.79 bits per heavy atom. The van der Waals surface area contributed by atoms with Crippen molar-refractivity contribution in [1.29, 1.82) is 0 Å². The second-order valence-corrected chi connectivity index (χ2v) is 6.14. The Kier molecular flexibility index (Phi) is 4.96. The van der Waals surface area contributed by atoms with Gasteiger partial charge in [0, 0.05) is 0 Å². The summed E-state index contributed by atoms with van der Waals surface area (Å²) in [6.45, 7) is 0.641. The largest absolute Gasteiger partial charge is 0.478 e. The molecule has 0 fully saturated rings. The summed E-state index contributed by atoms with van der Waals surface area (Å²) < 4.78 is 1.58. The van der Waals surface area contributed by atoms with Crippen LogP contribution in [0.25, 0.3) is 0 Å². The molecule has 3 aromatic rings. The molecule has 1 unspecified atom stereocenters. The summed E-state index contributed by atoms with van der Waals surface area (Å²) in [4.78, 5) is 23.5. The molecule has 3 heterocycles. The molecule has 0 bridgehead atoms. The van der Waals surface area contributed by atoms with E-state index in [4.69, 9.17) is 5.11 Å². The van der Waals surface area contributed by atoms with Gasteiger partial charge < -0.3 is 10.2 Å². The van der Waals surface area contributed by atoms with Gasteiger partial charge in [-0.05, 0) is 23.6 Å². The number of nitrogens with zero attached hydrogens (tertiary/aromatic N) is 7. The highest BCUT2D eigenvalue weighted by atomic mass is 16.4. The van der Waals surface area contributed by atoms with Gasteiger partial charge in [0.05, 0.1) is 24.5 Å². The number of carbonyl (C=O) groups is 1. The molecule has 0 saturated carbocycles. The van der Waals surface area contributed by atoms with Gasteiger partial charge >= 0.3 is 5.97 Å². The van der Waals surface area contributed by atoms with Crippen molar-refractivity contribution < 1.29 is 15.0 Å². The lowest BCUT2D eigenvalue weighted by atomic mass is 10.1. The zero-order chi connectivity index (χ0) is 20.2. The lowest BCUT2D eigenvalue weighted by Crippen LogP contribution is -2.29. The molecule has 0 aliphatic carbocycles. The monoisotopic (exact) mass is 389 g/mol. The number of aromatic nitrogens is 5. The van der Waals surface area contributed by atoms with Crippen LogP contribution in [-0.4, -0.2) is 52.1 Å². The van der Waals surface area contributed by atoms with Crippen LogP contribution in [0.3, 0.4) is 0 Å². The Bertz CT molecular complexity index is 1110. The summed E-state index contributed by atoms with van der Waals surface area (Å²) in [6, 6.07) is 6.38. The van der Waals surface area contributed by atoms with E-state index in [1.807, 2.05) is 0 Å². The summed E-state index contributed by atoms with van der Waals surface area (Å²) in [6.07, 6.45) is 4.94. The van der Waals surface area contributed by atoms with Crippen LogP contribution in [0.5, 0.6) is 0 Å². The minimum Gasteiger partial charge on any atom is -0.478 e. The molecule has 10 heteroatoms. The van der Waals surface area contributed by atoms with Crippen molar-refractivity contribution in [2.45, 2.75) is 19.3 Å². The smallest absolute Gasteiger partial charge is 0.335 e. The lowest BCUT2D eigenvalue weighted by Gasteiger charge is -2.28. The fourth-order valence-corrected chi connectivity index (χ4v) is 2.69. The predicted molar refractivity (Wildman–Crippen MR) is 100 cm³/mol. The summed E-state index contributed by atoms with van der Waals surface area (Å²) >= 11 is 0. The second-order valence-electron chi connectivity index (χ2n) is 6.14. The zero-order valence-corrected chi connectivity index (χ0v) is 15.0. The number of aliphatic hydroxyl groups excluding tert-OH is 1. The number of rotatable bonds is 4. The fourth-order valence-electron chi connectivity index (χ4n) is 2.69. The highest BCUT2D eigenvalue weighted by Gasteiger charge is 2.25. The molecule has 0 spiro atoms. The molecule has 1 atom stereocenters. The van der Waals surface area contributed by atoms with Gasteiger partial charge in [-0.2, -0.15) is 10.2 Å². The number of aromatic carboxylic acids is 1. The van der Waals surface area contributed by atoms with Crippen molar-refractivity contribution in [3.8, 4) is 11.8 Å². The minimum atomic E-state index is -1.10. The van der Waals surface area contributed by atoms with Gasteiger partial charge in [0.15, 0.2) is 6.23 Å². The van der Waals surface area contributed by atoms with Gasteiger partial charge in [-0.25, -0.2) is 19.4 Å². The molecule has 29 heavy (non-hydrogen) atoms. The van der Waals surface area contributed by atoms with Crippen molar-refractivity contribution in [3.05, 3.63) is 71.3 Å². The van der Waals surface area contributed by atoms with E-state index in [-0.39, 0.29) is 12.1 Å². The van der Waals surface area contributed by atoms with Crippen molar-refractivity contribution in [1.82, 2.24) is 29.7 Å². The summed E-state index contributed by atoms with van der Waals surface area (Å²) in [5.41, 5.74) is 2.24. The van der Waals surface area contributed by atoms with Crippen molar-refractivity contribution in [3.63, 3.8) is 0 Å². The van der Waals surface area contributed by atoms with Gasteiger partial charge in [-0.3, -0.25) is 9.99 Å². The van der Waals surface area contributed by atoms with E-state index < -0.39 is 12.2 Å². The number of hydrazone groups is 1. The molecule has 0 radical (unpaired) electrons. The lowest BCUT2D eigenvalue weighted by molar-refractivity contribution is -0.00882. The average Bonchev–Trinajstić information content (AvgIpc) is 3.24. The number of hydrogen-bond donors (Lipinski definition) is 2. The maximum absolute atomic E-state index is 11.0. The number of fused-ring (bicyclic) bond motifs is 1. The summed E-state index contributed by atoms with van der Waals surface area (Å²) in [5.74, 6) is 4.82. The number of benzene rings is 1. The standard InChI is InChI=1S/C19H15N7O3/c27-18-17-16(21-8-15(24-17)2-1-7-25-12-20-11-23-25)9-22-26(18)10-13-3-5-14(6-4-13)19(28)29/h3-6,8-9,11-12,18,27H,7,10H2,(H,28,29). The van der Waals surface area contributed by atoms with Crippen molar-refractivity contribution in [2.75, 3.05) is 0 Å². The van der Waals surface area contributed by atoms with Crippen LogP contribution in [0.4, 0.5) is 0 Å². The van der Waals surface area contributed by atoms with Crippen LogP contribution in [0.15, 0.2) is 48.2 Å². The van der Waals surface area contributed by atoms with Gasteiger partial charge in [-0.1, -0.05) is 18.1 Å². The molecule has 2 N–H and O–H groups in total. The molecular formula is C19H15N7O3. The van der Waals surface area contributed by atoms with Gasteiger partial charge in [0.2, 0.25) is 0 Å². The highest BCUT2D eigenvalue weighted by Crippen LogP contribution is 2.24. The van der Waals surface area contributed by atoms with E-state index in [9.17, 15) is 9.90 Å². The second kappa shape index (κ2) is 7.87. The van der Waals surface area contributed by atoms with Crippen LogP contribution in [0.2, 0.25) is 0 Å². The maximum Gasteiger partial charge on any atom is 0.335 e. The van der Waals surface area contributed by atoms with Crippen LogP contribution >= 0.6 is 0 Å². The van der Waals surface area contributed by atoms with E-state index >= 15 is 0 Å². The first kappa shape index (κ1) is 18.3. The molecule has 1 aromatic carbocycles. The van der Waals surface area contributed by atoms with Crippen molar-refractivity contribution in [2.24, 2.45) is 5.10 Å². The molecule has 4 rings (SSSR count). The van der Waals surface area contributed by atoms with Crippen LogP contribution in [0.1, 0.15) is 39.2 Å². The minimum absolute atomic E-state index is 0.196. The third-order valence-electron chi connectivity index (χ3n) is 4.15. The topological polar surface area (TPSA) is 130 Å². The SMILES string of the molecule is O=C(O)c1ccc(CN2N=Cc3ncc(C#CCn4cncn4)nc3C2O)cc1. The van der Waals surface area contributed by atoms with E-state index in [0.717, 1.165) is 5.56 Å². The van der Waals surface area contributed by atoms with E-state index in [1.54, 1.807) is 23.1 Å². The first-order valence-corrected chi connectivity index (χ1v) is 8.59. The molecular weight excluding hydrogens is 374 g/mol. The zero-order valence-electron chi connectivity index (χ0n) is 15.0. The van der Waals surface area contributed by atoms with Gasteiger partial charge in [0.25, 0.3) is 0 Å². The van der Waals surface area contributed by atoms with Gasteiger partial charge in [-0.15, -0.1) is 0 Å². The Morgan fingerprint density at radius 1 is 1.24 bits per heavy atom. The van der Waals surface area contributed by atoms with Gasteiger partial charge in [0.1, 0.15) is 36.3 Å². The number of hydrogen-bond acceptors (Lipinski definition) is 8. The highest BCUT2D eigenvalue weighted by molar-refractivity contribution is 5.87. The van der Waals surface area contributed by atoms with Crippen LogP contribution in [0, 0.1) is 11.8 Å². The van der Waals surface area contributed by atoms with E-state index in [0.29, 0.717) is 23.6 Å². The molecule has 144 valence electrons. The first-order chi connectivity index (χ1) is 14.1. The van der Waals surface area contributed by atoms with Crippen molar-refractivity contribution >= 4 is 12.2 Å². The predicted octanol–water partition coefficient (Wildman–Crippen LogP) is 0.659.